The number of amides is 2. The summed E-state index contributed by atoms with van der Waals surface area (Å²) in [4.78, 5) is 36.8. The van der Waals surface area contributed by atoms with Crippen LogP contribution in [-0.2, 0) is 0 Å². The van der Waals surface area contributed by atoms with Crippen molar-refractivity contribution >= 4 is 23.2 Å². The van der Waals surface area contributed by atoms with E-state index in [0.717, 1.165) is 60.0 Å². The molecule has 1 aliphatic heterocycles. The minimum absolute atomic E-state index is 0.0217. The second-order valence-corrected chi connectivity index (χ2v) is 9.34. The SMILES string of the molecule is Cc1nc(C)c(C(=O)N2CCC(c3ccc(C(=O)NC4CCCC4)cn3)CC2)s1. The minimum Gasteiger partial charge on any atom is -0.349 e. The molecule has 2 aromatic heterocycles. The van der Waals surface area contributed by atoms with Gasteiger partial charge in [0.05, 0.1) is 16.3 Å². The Morgan fingerprint density at radius 3 is 2.41 bits per heavy atom. The molecule has 0 bridgehead atoms. The predicted molar refractivity (Wildman–Crippen MR) is 113 cm³/mol. The van der Waals surface area contributed by atoms with E-state index >= 15 is 0 Å². The Morgan fingerprint density at radius 2 is 1.83 bits per heavy atom. The van der Waals surface area contributed by atoms with Gasteiger partial charge in [0, 0.05) is 36.9 Å². The van der Waals surface area contributed by atoms with Gasteiger partial charge in [-0.25, -0.2) is 4.98 Å². The zero-order valence-electron chi connectivity index (χ0n) is 17.1. The number of rotatable bonds is 4. The second-order valence-electron chi connectivity index (χ2n) is 8.14. The van der Waals surface area contributed by atoms with E-state index in [9.17, 15) is 9.59 Å². The molecule has 2 amide bonds. The average molecular weight is 413 g/mol. The summed E-state index contributed by atoms with van der Waals surface area (Å²) in [6, 6.07) is 4.17. The number of thiazole rings is 1. The number of pyridine rings is 1. The van der Waals surface area contributed by atoms with E-state index in [1.54, 1.807) is 6.20 Å². The lowest BCUT2D eigenvalue weighted by Gasteiger charge is -2.31. The molecule has 4 rings (SSSR count). The summed E-state index contributed by atoms with van der Waals surface area (Å²) < 4.78 is 0. The smallest absolute Gasteiger partial charge is 0.265 e. The molecule has 0 aromatic carbocycles. The Morgan fingerprint density at radius 1 is 1.10 bits per heavy atom. The lowest BCUT2D eigenvalue weighted by Crippen LogP contribution is -2.38. The molecule has 3 heterocycles. The third kappa shape index (κ3) is 4.50. The van der Waals surface area contributed by atoms with E-state index in [0.29, 0.717) is 17.5 Å². The number of aromatic nitrogens is 2. The molecule has 0 spiro atoms. The number of hydrogen-bond donors (Lipinski definition) is 1. The summed E-state index contributed by atoms with van der Waals surface area (Å²) in [5.74, 6) is 0.403. The van der Waals surface area contributed by atoms with Crippen LogP contribution < -0.4 is 5.32 Å². The summed E-state index contributed by atoms with van der Waals surface area (Å²) in [5.41, 5.74) is 2.47. The molecule has 1 N–H and O–H groups in total. The molecule has 154 valence electrons. The van der Waals surface area contributed by atoms with Crippen LogP contribution in [0.15, 0.2) is 18.3 Å². The Kier molecular flexibility index (Phi) is 5.94. The van der Waals surface area contributed by atoms with Crippen LogP contribution in [0.1, 0.15) is 80.9 Å². The van der Waals surface area contributed by atoms with Gasteiger partial charge in [0.1, 0.15) is 4.88 Å². The molecule has 7 heteroatoms. The fraction of sp³-hybridized carbons (Fsp3) is 0.545. The number of aryl methyl sites for hydroxylation is 2. The summed E-state index contributed by atoms with van der Waals surface area (Å²) in [7, 11) is 0. The second kappa shape index (κ2) is 8.61. The number of likely N-dealkylation sites (tertiary alicyclic amines) is 1. The summed E-state index contributed by atoms with van der Waals surface area (Å²) in [6.45, 7) is 5.29. The van der Waals surface area contributed by atoms with E-state index < -0.39 is 0 Å². The number of nitrogens with one attached hydrogen (secondary N) is 1. The van der Waals surface area contributed by atoms with Crippen LogP contribution in [0, 0.1) is 13.8 Å². The van der Waals surface area contributed by atoms with Gasteiger partial charge in [0.25, 0.3) is 11.8 Å². The van der Waals surface area contributed by atoms with Crippen LogP contribution in [0.25, 0.3) is 0 Å². The van der Waals surface area contributed by atoms with Gasteiger partial charge in [-0.05, 0) is 51.7 Å². The molecule has 0 atom stereocenters. The molecule has 0 unspecified atom stereocenters. The minimum atomic E-state index is -0.0217. The zero-order valence-corrected chi connectivity index (χ0v) is 17.9. The maximum absolute atomic E-state index is 12.8. The largest absolute Gasteiger partial charge is 0.349 e. The lowest BCUT2D eigenvalue weighted by atomic mass is 9.92. The van der Waals surface area contributed by atoms with Gasteiger partial charge in [-0.2, -0.15) is 0 Å². The fourth-order valence-electron chi connectivity index (χ4n) is 4.37. The first kappa shape index (κ1) is 20.0. The van der Waals surface area contributed by atoms with Gasteiger partial charge >= 0.3 is 0 Å². The Balaban J connectivity index is 1.33. The molecule has 2 aromatic rings. The Labute approximate surface area is 175 Å². The van der Waals surface area contributed by atoms with Crippen molar-refractivity contribution in [2.75, 3.05) is 13.1 Å². The average Bonchev–Trinajstić information content (AvgIpc) is 3.36. The summed E-state index contributed by atoms with van der Waals surface area (Å²) in [5, 5.41) is 4.04. The summed E-state index contributed by atoms with van der Waals surface area (Å²) in [6.07, 6.45) is 8.04. The van der Waals surface area contributed by atoms with Gasteiger partial charge in [-0.3, -0.25) is 14.6 Å². The normalized spacial score (nSPS) is 18.2. The molecule has 1 aliphatic carbocycles. The van der Waals surface area contributed by atoms with Gasteiger partial charge < -0.3 is 10.2 Å². The van der Waals surface area contributed by atoms with Crippen molar-refractivity contribution in [1.82, 2.24) is 20.2 Å². The van der Waals surface area contributed by atoms with Crippen molar-refractivity contribution in [2.24, 2.45) is 0 Å². The maximum atomic E-state index is 12.8. The van der Waals surface area contributed by atoms with Gasteiger partial charge in [-0.15, -0.1) is 11.3 Å². The van der Waals surface area contributed by atoms with Gasteiger partial charge in [0.2, 0.25) is 0 Å². The zero-order chi connectivity index (χ0) is 20.4. The first-order valence-electron chi connectivity index (χ1n) is 10.5. The van der Waals surface area contributed by atoms with Crippen molar-refractivity contribution < 1.29 is 9.59 Å². The highest BCUT2D eigenvalue weighted by Gasteiger charge is 2.27. The van der Waals surface area contributed by atoms with Gasteiger partial charge in [0.15, 0.2) is 0 Å². The van der Waals surface area contributed by atoms with Crippen LogP contribution in [-0.4, -0.2) is 45.8 Å². The van der Waals surface area contributed by atoms with E-state index in [1.807, 2.05) is 30.9 Å². The topological polar surface area (TPSA) is 75.2 Å². The van der Waals surface area contributed by atoms with Crippen LogP contribution in [0.5, 0.6) is 0 Å². The molecular weight excluding hydrogens is 384 g/mol. The van der Waals surface area contributed by atoms with Crippen molar-refractivity contribution in [3.05, 3.63) is 45.2 Å². The Bertz CT molecular complexity index is 879. The fourth-order valence-corrected chi connectivity index (χ4v) is 5.26. The van der Waals surface area contributed by atoms with Crippen LogP contribution in [0.4, 0.5) is 0 Å². The van der Waals surface area contributed by atoms with Crippen LogP contribution >= 0.6 is 11.3 Å². The van der Waals surface area contributed by atoms with Crippen LogP contribution in [0.3, 0.4) is 0 Å². The first-order chi connectivity index (χ1) is 14.0. The number of hydrogen-bond acceptors (Lipinski definition) is 5. The third-order valence-electron chi connectivity index (χ3n) is 6.04. The predicted octanol–water partition coefficient (Wildman–Crippen LogP) is 3.85. The number of carbonyl (C=O) groups is 2. The number of carbonyl (C=O) groups excluding carboxylic acids is 2. The number of nitrogens with zero attached hydrogens (tertiary/aromatic N) is 3. The standard InChI is InChI=1S/C22H28N4O2S/c1-14-20(29-15(2)24-14)22(28)26-11-9-16(10-12-26)19-8-7-17(13-23-19)21(27)25-18-5-3-4-6-18/h7-8,13,16,18H,3-6,9-12H2,1-2H3,(H,25,27). The van der Waals surface area contributed by atoms with E-state index in [-0.39, 0.29) is 11.8 Å². The molecule has 29 heavy (non-hydrogen) atoms. The van der Waals surface area contributed by atoms with E-state index in [4.69, 9.17) is 0 Å². The third-order valence-corrected chi connectivity index (χ3v) is 7.10. The van der Waals surface area contributed by atoms with E-state index in [2.05, 4.69) is 15.3 Å². The quantitative estimate of drug-likeness (QED) is 0.828. The Hall–Kier alpha value is -2.28. The monoisotopic (exact) mass is 412 g/mol. The molecule has 0 radical (unpaired) electrons. The van der Waals surface area contributed by atoms with E-state index in [1.165, 1.54) is 24.2 Å². The lowest BCUT2D eigenvalue weighted by molar-refractivity contribution is 0.0715. The van der Waals surface area contributed by atoms with Gasteiger partial charge in [-0.1, -0.05) is 12.8 Å². The highest BCUT2D eigenvalue weighted by molar-refractivity contribution is 7.13. The van der Waals surface area contributed by atoms with Crippen molar-refractivity contribution in [3.63, 3.8) is 0 Å². The molecular formula is C22H28N4O2S. The molecule has 1 saturated carbocycles. The summed E-state index contributed by atoms with van der Waals surface area (Å²) >= 11 is 1.48. The van der Waals surface area contributed by atoms with Crippen molar-refractivity contribution in [2.45, 2.75) is 64.3 Å². The molecule has 2 fully saturated rings. The molecule has 1 saturated heterocycles. The van der Waals surface area contributed by atoms with Crippen molar-refractivity contribution in [3.8, 4) is 0 Å². The highest BCUT2D eigenvalue weighted by atomic mass is 32.1. The maximum Gasteiger partial charge on any atom is 0.265 e. The number of piperidine rings is 1. The molecule has 6 nitrogen and oxygen atoms in total. The highest BCUT2D eigenvalue weighted by Crippen LogP contribution is 2.29. The van der Waals surface area contributed by atoms with Crippen molar-refractivity contribution in [1.29, 1.82) is 0 Å². The van der Waals surface area contributed by atoms with Crippen LogP contribution in [0.2, 0.25) is 0 Å². The molecule has 2 aliphatic rings. The first-order valence-corrected chi connectivity index (χ1v) is 11.3.